The van der Waals surface area contributed by atoms with E-state index in [4.69, 9.17) is 4.74 Å². The molecule has 0 radical (unpaired) electrons. The Labute approximate surface area is 123 Å². The van der Waals surface area contributed by atoms with Crippen molar-refractivity contribution in [3.05, 3.63) is 69.3 Å². The highest BCUT2D eigenvalue weighted by Crippen LogP contribution is 2.25. The van der Waals surface area contributed by atoms with Crippen LogP contribution in [0, 0.1) is 17.0 Å². The summed E-state index contributed by atoms with van der Waals surface area (Å²) in [5.74, 6) is 0.651. The number of nitrogens with zero attached hydrogens (tertiary/aromatic N) is 1. The molecule has 0 bridgehead atoms. The summed E-state index contributed by atoms with van der Waals surface area (Å²) in [4.78, 5) is 10.5. The van der Waals surface area contributed by atoms with Gasteiger partial charge in [0.1, 0.15) is 12.4 Å². The number of rotatable bonds is 5. The molecule has 0 heterocycles. The van der Waals surface area contributed by atoms with E-state index in [2.05, 4.69) is 0 Å². The van der Waals surface area contributed by atoms with Gasteiger partial charge >= 0.3 is 0 Å². The van der Waals surface area contributed by atoms with Crippen molar-refractivity contribution in [2.24, 2.45) is 0 Å². The van der Waals surface area contributed by atoms with Crippen LogP contribution >= 0.6 is 0 Å². The van der Waals surface area contributed by atoms with Gasteiger partial charge in [-0.2, -0.15) is 0 Å². The molecule has 0 aliphatic rings. The minimum Gasteiger partial charge on any atom is -0.488 e. The van der Waals surface area contributed by atoms with Crippen molar-refractivity contribution < 1.29 is 14.8 Å². The Morgan fingerprint density at radius 1 is 1.29 bits per heavy atom. The van der Waals surface area contributed by atoms with E-state index in [1.54, 1.807) is 37.3 Å². The van der Waals surface area contributed by atoms with Crippen LogP contribution in [0.1, 0.15) is 29.7 Å². The van der Waals surface area contributed by atoms with Crippen molar-refractivity contribution >= 4 is 5.69 Å². The maximum absolute atomic E-state index is 10.9. The van der Waals surface area contributed by atoms with Gasteiger partial charge in [0, 0.05) is 6.07 Å². The van der Waals surface area contributed by atoms with Crippen molar-refractivity contribution in [1.29, 1.82) is 0 Å². The fourth-order valence-electron chi connectivity index (χ4n) is 2.06. The Morgan fingerprint density at radius 2 is 2.00 bits per heavy atom. The normalized spacial score (nSPS) is 12.0. The first-order valence-corrected chi connectivity index (χ1v) is 6.62. The lowest BCUT2D eigenvalue weighted by Gasteiger charge is -2.12. The summed E-state index contributed by atoms with van der Waals surface area (Å²) >= 11 is 0. The zero-order valence-electron chi connectivity index (χ0n) is 11.9. The molecule has 0 aliphatic carbocycles. The van der Waals surface area contributed by atoms with Crippen LogP contribution in [0.25, 0.3) is 0 Å². The quantitative estimate of drug-likeness (QED) is 0.674. The second-order valence-corrected chi connectivity index (χ2v) is 4.88. The first kappa shape index (κ1) is 15.0. The van der Waals surface area contributed by atoms with E-state index >= 15 is 0 Å². The van der Waals surface area contributed by atoms with E-state index in [9.17, 15) is 15.2 Å². The molecule has 0 aliphatic heterocycles. The molecule has 110 valence electrons. The average molecular weight is 287 g/mol. The third-order valence-corrected chi connectivity index (χ3v) is 3.25. The van der Waals surface area contributed by atoms with Gasteiger partial charge in [-0.15, -0.1) is 0 Å². The van der Waals surface area contributed by atoms with Gasteiger partial charge in [0.25, 0.3) is 5.69 Å². The van der Waals surface area contributed by atoms with Crippen LogP contribution in [0.3, 0.4) is 0 Å². The Kier molecular flexibility index (Phi) is 4.55. The number of aryl methyl sites for hydroxylation is 1. The standard InChI is InChI=1S/C16H17NO4/c1-11-9-13(12(2)18)7-8-16(11)21-10-14-5-3-4-6-15(14)17(19)20/h3-9,12,18H,10H2,1-2H3. The van der Waals surface area contributed by atoms with Crippen LogP contribution < -0.4 is 4.74 Å². The molecule has 0 saturated heterocycles. The van der Waals surface area contributed by atoms with E-state index < -0.39 is 11.0 Å². The molecule has 5 heteroatoms. The SMILES string of the molecule is Cc1cc(C(C)O)ccc1OCc1ccccc1[N+](=O)[O-]. The number of nitro benzene ring substituents is 1. The Hall–Kier alpha value is -2.40. The summed E-state index contributed by atoms with van der Waals surface area (Å²) in [6.45, 7) is 3.70. The molecule has 0 fully saturated rings. The molecule has 0 spiro atoms. The van der Waals surface area contributed by atoms with Crippen molar-refractivity contribution in [3.63, 3.8) is 0 Å². The molecule has 2 rings (SSSR count). The largest absolute Gasteiger partial charge is 0.488 e. The predicted octanol–water partition coefficient (Wildman–Crippen LogP) is 3.54. The first-order valence-electron chi connectivity index (χ1n) is 6.62. The van der Waals surface area contributed by atoms with Crippen LogP contribution in [0.2, 0.25) is 0 Å². The number of aliphatic hydroxyl groups is 1. The number of ether oxygens (including phenoxy) is 1. The van der Waals surface area contributed by atoms with Crippen LogP contribution in [-0.2, 0) is 6.61 Å². The van der Waals surface area contributed by atoms with E-state index in [1.807, 2.05) is 13.0 Å². The fraction of sp³-hybridized carbons (Fsp3) is 0.250. The van der Waals surface area contributed by atoms with Gasteiger partial charge < -0.3 is 9.84 Å². The molecule has 0 amide bonds. The molecule has 21 heavy (non-hydrogen) atoms. The van der Waals surface area contributed by atoms with Gasteiger partial charge in [0.15, 0.2) is 0 Å². The van der Waals surface area contributed by atoms with Crippen molar-refractivity contribution in [1.82, 2.24) is 0 Å². The number of hydrogen-bond acceptors (Lipinski definition) is 4. The van der Waals surface area contributed by atoms with Crippen LogP contribution in [0.5, 0.6) is 5.75 Å². The van der Waals surface area contributed by atoms with E-state index in [1.165, 1.54) is 6.07 Å². The predicted molar refractivity (Wildman–Crippen MR) is 79.2 cm³/mol. The summed E-state index contributed by atoms with van der Waals surface area (Å²) in [7, 11) is 0. The lowest BCUT2D eigenvalue weighted by molar-refractivity contribution is -0.385. The fourth-order valence-corrected chi connectivity index (χ4v) is 2.06. The topological polar surface area (TPSA) is 72.6 Å². The molecule has 1 N–H and O–H groups in total. The van der Waals surface area contributed by atoms with Gasteiger partial charge in [0.05, 0.1) is 16.6 Å². The number of hydrogen-bond donors (Lipinski definition) is 1. The zero-order valence-corrected chi connectivity index (χ0v) is 11.9. The second kappa shape index (κ2) is 6.37. The second-order valence-electron chi connectivity index (χ2n) is 4.88. The highest BCUT2D eigenvalue weighted by atomic mass is 16.6. The van der Waals surface area contributed by atoms with Gasteiger partial charge in [-0.3, -0.25) is 10.1 Å². The third-order valence-electron chi connectivity index (χ3n) is 3.25. The van der Waals surface area contributed by atoms with Crippen LogP contribution in [-0.4, -0.2) is 10.0 Å². The van der Waals surface area contributed by atoms with Crippen molar-refractivity contribution in [2.45, 2.75) is 26.6 Å². The Balaban J connectivity index is 2.15. The molecule has 1 atom stereocenters. The minimum atomic E-state index is -0.534. The van der Waals surface area contributed by atoms with Crippen LogP contribution in [0.4, 0.5) is 5.69 Å². The molecule has 5 nitrogen and oxygen atoms in total. The first-order chi connectivity index (χ1) is 9.99. The van der Waals surface area contributed by atoms with Gasteiger partial charge in [-0.05, 0) is 43.2 Å². The number of nitro groups is 1. The highest BCUT2D eigenvalue weighted by molar-refractivity contribution is 5.41. The van der Waals surface area contributed by atoms with Gasteiger partial charge in [-0.25, -0.2) is 0 Å². The average Bonchev–Trinajstić information content (AvgIpc) is 2.46. The molecule has 1 unspecified atom stereocenters. The summed E-state index contributed by atoms with van der Waals surface area (Å²) in [5, 5.41) is 20.5. The number of para-hydroxylation sites is 1. The van der Waals surface area contributed by atoms with E-state index in [0.717, 1.165) is 11.1 Å². The molecular formula is C16H17NO4. The summed E-state index contributed by atoms with van der Waals surface area (Å²) < 4.78 is 5.66. The summed E-state index contributed by atoms with van der Waals surface area (Å²) in [6.07, 6.45) is -0.534. The third kappa shape index (κ3) is 3.58. The smallest absolute Gasteiger partial charge is 0.276 e. The molecule has 2 aromatic rings. The molecule has 0 aromatic heterocycles. The summed E-state index contributed by atoms with van der Waals surface area (Å²) in [6, 6.07) is 11.9. The van der Waals surface area contributed by atoms with E-state index in [-0.39, 0.29) is 12.3 Å². The number of benzene rings is 2. The van der Waals surface area contributed by atoms with Crippen LogP contribution in [0.15, 0.2) is 42.5 Å². The monoisotopic (exact) mass is 287 g/mol. The number of aliphatic hydroxyl groups excluding tert-OH is 1. The van der Waals surface area contributed by atoms with Gasteiger partial charge in [-0.1, -0.05) is 18.2 Å². The molecule has 0 saturated carbocycles. The Bertz CT molecular complexity index is 652. The molecular weight excluding hydrogens is 270 g/mol. The lowest BCUT2D eigenvalue weighted by atomic mass is 10.1. The lowest BCUT2D eigenvalue weighted by Crippen LogP contribution is -2.02. The maximum atomic E-state index is 10.9. The van der Waals surface area contributed by atoms with Crippen molar-refractivity contribution in [3.8, 4) is 5.75 Å². The molecule has 2 aromatic carbocycles. The highest BCUT2D eigenvalue weighted by Gasteiger charge is 2.13. The van der Waals surface area contributed by atoms with Crippen molar-refractivity contribution in [2.75, 3.05) is 0 Å². The van der Waals surface area contributed by atoms with Gasteiger partial charge in [0.2, 0.25) is 0 Å². The van der Waals surface area contributed by atoms with E-state index in [0.29, 0.717) is 11.3 Å². The Morgan fingerprint density at radius 3 is 2.62 bits per heavy atom. The maximum Gasteiger partial charge on any atom is 0.276 e. The summed E-state index contributed by atoms with van der Waals surface area (Å²) in [5.41, 5.74) is 2.27. The minimum absolute atomic E-state index is 0.0516. The zero-order chi connectivity index (χ0) is 15.4.